The van der Waals surface area contributed by atoms with E-state index in [1.54, 1.807) is 4.68 Å². The molecule has 5 heteroatoms. The Kier molecular flexibility index (Phi) is 2.55. The predicted molar refractivity (Wildman–Crippen MR) is 60.5 cm³/mol. The van der Waals surface area contributed by atoms with E-state index in [-0.39, 0.29) is 5.69 Å². The Labute approximate surface area is 94.2 Å². The van der Waals surface area contributed by atoms with Crippen molar-refractivity contribution >= 4 is 0 Å². The molecule has 0 amide bonds. The van der Waals surface area contributed by atoms with Crippen LogP contribution in [0.2, 0.25) is 0 Å². The first kappa shape index (κ1) is 10.1. The number of rotatable bonds is 3. The third-order valence-electron chi connectivity index (χ3n) is 3.71. The average molecular weight is 222 g/mol. The SMILES string of the molecule is O=c1[nH]c(CC2CCCN2)nn1C1CCC1. The van der Waals surface area contributed by atoms with Crippen LogP contribution >= 0.6 is 0 Å². The van der Waals surface area contributed by atoms with Crippen molar-refractivity contribution in [1.82, 2.24) is 20.1 Å². The third-order valence-corrected chi connectivity index (χ3v) is 3.71. The second-order valence-electron chi connectivity index (χ2n) is 4.90. The fourth-order valence-corrected chi connectivity index (χ4v) is 2.52. The van der Waals surface area contributed by atoms with Gasteiger partial charge in [-0.2, -0.15) is 5.10 Å². The lowest BCUT2D eigenvalue weighted by Gasteiger charge is -2.24. The van der Waals surface area contributed by atoms with Crippen LogP contribution in [0.25, 0.3) is 0 Å². The van der Waals surface area contributed by atoms with Crippen LogP contribution in [-0.4, -0.2) is 27.4 Å². The van der Waals surface area contributed by atoms with Crippen molar-refractivity contribution in [2.75, 3.05) is 6.54 Å². The van der Waals surface area contributed by atoms with E-state index in [1.807, 2.05) is 0 Å². The highest BCUT2D eigenvalue weighted by Crippen LogP contribution is 2.29. The molecule has 1 saturated carbocycles. The van der Waals surface area contributed by atoms with Crippen molar-refractivity contribution in [3.05, 3.63) is 16.3 Å². The maximum Gasteiger partial charge on any atom is 0.343 e. The lowest BCUT2D eigenvalue weighted by atomic mass is 9.93. The van der Waals surface area contributed by atoms with E-state index in [1.165, 1.54) is 19.3 Å². The van der Waals surface area contributed by atoms with Gasteiger partial charge in [-0.05, 0) is 38.6 Å². The summed E-state index contributed by atoms with van der Waals surface area (Å²) in [4.78, 5) is 14.5. The quantitative estimate of drug-likeness (QED) is 0.787. The molecule has 1 saturated heterocycles. The summed E-state index contributed by atoms with van der Waals surface area (Å²) in [5, 5.41) is 7.82. The van der Waals surface area contributed by atoms with Crippen LogP contribution in [0.3, 0.4) is 0 Å². The van der Waals surface area contributed by atoms with Gasteiger partial charge in [-0.25, -0.2) is 9.48 Å². The number of aromatic nitrogens is 3. The third kappa shape index (κ3) is 1.80. The largest absolute Gasteiger partial charge is 0.343 e. The van der Waals surface area contributed by atoms with Crippen molar-refractivity contribution in [1.29, 1.82) is 0 Å². The van der Waals surface area contributed by atoms with Gasteiger partial charge in [0.1, 0.15) is 5.82 Å². The monoisotopic (exact) mass is 222 g/mol. The summed E-state index contributed by atoms with van der Waals surface area (Å²) in [6.07, 6.45) is 6.72. The van der Waals surface area contributed by atoms with Gasteiger partial charge < -0.3 is 5.32 Å². The van der Waals surface area contributed by atoms with Gasteiger partial charge in [-0.3, -0.25) is 4.98 Å². The summed E-state index contributed by atoms with van der Waals surface area (Å²) in [7, 11) is 0. The molecule has 1 aromatic rings. The van der Waals surface area contributed by atoms with Crippen molar-refractivity contribution in [3.63, 3.8) is 0 Å². The molecule has 1 aromatic heterocycles. The lowest BCUT2D eigenvalue weighted by Crippen LogP contribution is -2.27. The van der Waals surface area contributed by atoms with Crippen LogP contribution in [0.1, 0.15) is 44.0 Å². The first-order chi connectivity index (χ1) is 7.83. The molecule has 0 aromatic carbocycles. The van der Waals surface area contributed by atoms with Crippen LogP contribution < -0.4 is 11.0 Å². The molecule has 16 heavy (non-hydrogen) atoms. The molecule has 1 aliphatic heterocycles. The molecule has 3 rings (SSSR count). The van der Waals surface area contributed by atoms with E-state index in [4.69, 9.17) is 0 Å². The van der Waals surface area contributed by atoms with Crippen molar-refractivity contribution < 1.29 is 0 Å². The number of H-pyrrole nitrogens is 1. The fourth-order valence-electron chi connectivity index (χ4n) is 2.52. The summed E-state index contributed by atoms with van der Waals surface area (Å²) in [6.45, 7) is 1.10. The topological polar surface area (TPSA) is 62.7 Å². The van der Waals surface area contributed by atoms with Crippen molar-refractivity contribution in [3.8, 4) is 0 Å². The zero-order chi connectivity index (χ0) is 11.0. The van der Waals surface area contributed by atoms with E-state index < -0.39 is 0 Å². The first-order valence-corrected chi connectivity index (χ1v) is 6.24. The summed E-state index contributed by atoms with van der Waals surface area (Å²) in [5.74, 6) is 0.844. The molecule has 5 nitrogen and oxygen atoms in total. The van der Waals surface area contributed by atoms with Crippen molar-refractivity contribution in [2.24, 2.45) is 0 Å². The Bertz CT molecular complexity index is 412. The predicted octanol–water partition coefficient (Wildman–Crippen LogP) is 0.591. The molecule has 1 aliphatic carbocycles. The zero-order valence-electron chi connectivity index (χ0n) is 9.41. The van der Waals surface area contributed by atoms with Crippen LogP contribution in [0.5, 0.6) is 0 Å². The molecule has 2 heterocycles. The summed E-state index contributed by atoms with van der Waals surface area (Å²) in [5.41, 5.74) is -0.0299. The number of nitrogens with zero attached hydrogens (tertiary/aromatic N) is 2. The summed E-state index contributed by atoms with van der Waals surface area (Å²) < 4.78 is 1.65. The molecule has 2 N–H and O–H groups in total. The van der Waals surface area contributed by atoms with Crippen LogP contribution in [0.4, 0.5) is 0 Å². The molecule has 2 aliphatic rings. The highest BCUT2D eigenvalue weighted by Gasteiger charge is 2.24. The van der Waals surface area contributed by atoms with Gasteiger partial charge in [0, 0.05) is 12.5 Å². The van der Waals surface area contributed by atoms with E-state index in [0.717, 1.165) is 31.6 Å². The maximum absolute atomic E-state index is 11.7. The Morgan fingerprint density at radius 1 is 1.31 bits per heavy atom. The number of hydrogen-bond acceptors (Lipinski definition) is 3. The van der Waals surface area contributed by atoms with Gasteiger partial charge in [0.15, 0.2) is 0 Å². The molecule has 0 spiro atoms. The highest BCUT2D eigenvalue weighted by molar-refractivity contribution is 4.92. The van der Waals surface area contributed by atoms with Gasteiger partial charge in [-0.1, -0.05) is 0 Å². The second-order valence-corrected chi connectivity index (χ2v) is 4.90. The normalized spacial score (nSPS) is 25.9. The highest BCUT2D eigenvalue weighted by atomic mass is 16.2. The first-order valence-electron chi connectivity index (χ1n) is 6.24. The number of nitrogens with one attached hydrogen (secondary N) is 2. The van der Waals surface area contributed by atoms with Gasteiger partial charge in [0.2, 0.25) is 0 Å². The summed E-state index contributed by atoms with van der Waals surface area (Å²) >= 11 is 0. The molecule has 88 valence electrons. The molecule has 0 radical (unpaired) electrons. The smallest absolute Gasteiger partial charge is 0.314 e. The molecular formula is C11H18N4O. The minimum Gasteiger partial charge on any atom is -0.314 e. The second kappa shape index (κ2) is 4.05. The Morgan fingerprint density at radius 2 is 2.19 bits per heavy atom. The lowest BCUT2D eigenvalue weighted by molar-refractivity contribution is 0.281. The average Bonchev–Trinajstić information content (AvgIpc) is 2.76. The fraction of sp³-hybridized carbons (Fsp3) is 0.818. The van der Waals surface area contributed by atoms with Crippen LogP contribution in [-0.2, 0) is 6.42 Å². The van der Waals surface area contributed by atoms with E-state index in [0.29, 0.717) is 12.1 Å². The van der Waals surface area contributed by atoms with E-state index in [2.05, 4.69) is 15.4 Å². The van der Waals surface area contributed by atoms with Gasteiger partial charge >= 0.3 is 5.69 Å². The Balaban J connectivity index is 1.72. The molecular weight excluding hydrogens is 204 g/mol. The maximum atomic E-state index is 11.7. The summed E-state index contributed by atoms with van der Waals surface area (Å²) in [6, 6.07) is 0.856. The molecule has 1 atom stereocenters. The van der Waals surface area contributed by atoms with Gasteiger partial charge in [-0.15, -0.1) is 0 Å². The minimum atomic E-state index is -0.0299. The Morgan fingerprint density at radius 3 is 2.81 bits per heavy atom. The Hall–Kier alpha value is -1.10. The number of aromatic amines is 1. The standard InChI is InChI=1S/C11H18N4O/c16-11-13-10(7-8-3-2-6-12-8)14-15(11)9-4-1-5-9/h8-9,12H,1-7H2,(H,13,14,16). The zero-order valence-corrected chi connectivity index (χ0v) is 9.41. The van der Waals surface area contributed by atoms with E-state index in [9.17, 15) is 4.79 Å². The minimum absolute atomic E-state index is 0.0299. The van der Waals surface area contributed by atoms with Gasteiger partial charge in [0.05, 0.1) is 6.04 Å². The number of hydrogen-bond donors (Lipinski definition) is 2. The van der Waals surface area contributed by atoms with Gasteiger partial charge in [0.25, 0.3) is 0 Å². The van der Waals surface area contributed by atoms with Crippen LogP contribution in [0, 0.1) is 0 Å². The van der Waals surface area contributed by atoms with Crippen molar-refractivity contribution in [2.45, 2.75) is 50.6 Å². The van der Waals surface area contributed by atoms with Crippen LogP contribution in [0.15, 0.2) is 4.79 Å². The molecule has 2 fully saturated rings. The molecule has 0 bridgehead atoms. The van der Waals surface area contributed by atoms with E-state index >= 15 is 0 Å². The molecule has 1 unspecified atom stereocenters.